The predicted molar refractivity (Wildman–Crippen MR) is 62.2 cm³/mol. The van der Waals surface area contributed by atoms with Gasteiger partial charge in [-0.2, -0.15) is 0 Å². The highest BCUT2D eigenvalue weighted by molar-refractivity contribution is 5.34. The molecular weight excluding hydrogens is 206 g/mol. The highest BCUT2D eigenvalue weighted by Gasteiger charge is 2.03. The molecule has 0 aliphatic heterocycles. The molecule has 16 heavy (non-hydrogen) atoms. The molecule has 0 radical (unpaired) electrons. The van der Waals surface area contributed by atoms with E-state index in [0.717, 1.165) is 31.6 Å². The average molecular weight is 225 g/mol. The lowest BCUT2D eigenvalue weighted by atomic mass is 10.2. The molecule has 0 saturated carbocycles. The second kappa shape index (κ2) is 7.14. The summed E-state index contributed by atoms with van der Waals surface area (Å²) in [6.07, 6.45) is 6.11. The molecule has 0 amide bonds. The molecule has 1 rings (SSSR count). The quantitative estimate of drug-likeness (QED) is 0.664. The molecule has 1 aromatic heterocycles. The number of anilines is 1. The van der Waals surface area contributed by atoms with Crippen LogP contribution >= 0.6 is 0 Å². The van der Waals surface area contributed by atoms with Gasteiger partial charge in [-0.3, -0.25) is 4.98 Å². The maximum atomic E-state index is 8.94. The second-order valence-corrected chi connectivity index (χ2v) is 3.73. The number of hydrogen-bond acceptors (Lipinski definition) is 5. The predicted octanol–water partition coefficient (Wildman–Crippen LogP) is 0.568. The molecule has 0 saturated heterocycles. The Kier molecular flexibility index (Phi) is 5.74. The Bertz CT molecular complexity index is 307. The van der Waals surface area contributed by atoms with Crippen molar-refractivity contribution in [2.75, 3.05) is 25.1 Å². The summed E-state index contributed by atoms with van der Waals surface area (Å²) in [6.45, 7) is 1.05. The van der Waals surface area contributed by atoms with Gasteiger partial charge in [0.2, 0.25) is 0 Å². The first-order valence-electron chi connectivity index (χ1n) is 5.51. The highest BCUT2D eigenvalue weighted by Crippen LogP contribution is 2.09. The SMILES string of the molecule is CN(CCCCCO)c1cncc(CO)n1. The van der Waals surface area contributed by atoms with Crippen molar-refractivity contribution in [2.45, 2.75) is 25.9 Å². The summed E-state index contributed by atoms with van der Waals surface area (Å²) < 4.78 is 0. The molecule has 0 spiro atoms. The smallest absolute Gasteiger partial charge is 0.147 e. The van der Waals surface area contributed by atoms with E-state index in [2.05, 4.69) is 9.97 Å². The minimum atomic E-state index is -0.0841. The Balaban J connectivity index is 2.42. The van der Waals surface area contributed by atoms with Gasteiger partial charge < -0.3 is 15.1 Å². The van der Waals surface area contributed by atoms with Crippen LogP contribution < -0.4 is 4.90 Å². The van der Waals surface area contributed by atoms with Crippen molar-refractivity contribution in [3.8, 4) is 0 Å². The van der Waals surface area contributed by atoms with Crippen LogP contribution in [0.15, 0.2) is 12.4 Å². The van der Waals surface area contributed by atoms with Crippen LogP contribution in [0.3, 0.4) is 0 Å². The molecule has 2 N–H and O–H groups in total. The van der Waals surface area contributed by atoms with Crippen molar-refractivity contribution < 1.29 is 10.2 Å². The number of aliphatic hydroxyl groups is 2. The van der Waals surface area contributed by atoms with E-state index in [9.17, 15) is 0 Å². The third-order valence-corrected chi connectivity index (χ3v) is 2.38. The van der Waals surface area contributed by atoms with Gasteiger partial charge in [0.1, 0.15) is 5.82 Å². The Morgan fingerprint density at radius 3 is 2.69 bits per heavy atom. The van der Waals surface area contributed by atoms with E-state index in [4.69, 9.17) is 10.2 Å². The molecule has 0 atom stereocenters. The molecule has 5 nitrogen and oxygen atoms in total. The number of hydrogen-bond donors (Lipinski definition) is 2. The average Bonchev–Trinajstić information content (AvgIpc) is 2.34. The molecule has 0 aliphatic carbocycles. The molecule has 0 unspecified atom stereocenters. The zero-order chi connectivity index (χ0) is 11.8. The molecule has 0 aromatic carbocycles. The summed E-state index contributed by atoms with van der Waals surface area (Å²) in [7, 11) is 1.95. The van der Waals surface area contributed by atoms with Crippen LogP contribution in [0.2, 0.25) is 0 Å². The highest BCUT2D eigenvalue weighted by atomic mass is 16.3. The van der Waals surface area contributed by atoms with E-state index in [-0.39, 0.29) is 13.2 Å². The van der Waals surface area contributed by atoms with Crippen molar-refractivity contribution in [3.05, 3.63) is 18.1 Å². The van der Waals surface area contributed by atoms with E-state index in [1.165, 1.54) is 0 Å². The van der Waals surface area contributed by atoms with Crippen LogP contribution in [0, 0.1) is 0 Å². The standard InChI is InChI=1S/C11H19N3O2/c1-14(5-3-2-4-6-15)11-8-12-7-10(9-16)13-11/h7-8,15-16H,2-6,9H2,1H3. The van der Waals surface area contributed by atoms with Crippen molar-refractivity contribution >= 4 is 5.82 Å². The molecule has 0 fully saturated rings. The van der Waals surface area contributed by atoms with Gasteiger partial charge in [-0.05, 0) is 19.3 Å². The Labute approximate surface area is 95.8 Å². The fourth-order valence-electron chi connectivity index (χ4n) is 1.41. The van der Waals surface area contributed by atoms with Crippen LogP contribution in [0.5, 0.6) is 0 Å². The molecule has 1 heterocycles. The first-order valence-corrected chi connectivity index (χ1v) is 5.51. The zero-order valence-electron chi connectivity index (χ0n) is 9.63. The number of nitrogens with zero attached hydrogens (tertiary/aromatic N) is 3. The number of aromatic nitrogens is 2. The maximum absolute atomic E-state index is 8.94. The first-order chi connectivity index (χ1) is 7.77. The van der Waals surface area contributed by atoms with Gasteiger partial charge >= 0.3 is 0 Å². The molecule has 90 valence electrons. The van der Waals surface area contributed by atoms with Crippen LogP contribution in [0.4, 0.5) is 5.82 Å². The van der Waals surface area contributed by atoms with Gasteiger partial charge in [-0.15, -0.1) is 0 Å². The van der Waals surface area contributed by atoms with Crippen molar-refractivity contribution in [1.29, 1.82) is 0 Å². The minimum absolute atomic E-state index is 0.0841. The van der Waals surface area contributed by atoms with E-state index in [1.54, 1.807) is 12.4 Å². The van der Waals surface area contributed by atoms with Gasteiger partial charge in [-0.1, -0.05) is 0 Å². The summed E-state index contributed by atoms with van der Waals surface area (Å²) in [4.78, 5) is 10.3. The van der Waals surface area contributed by atoms with Gasteiger partial charge in [0.15, 0.2) is 0 Å². The maximum Gasteiger partial charge on any atom is 0.147 e. The van der Waals surface area contributed by atoms with Crippen LogP contribution in [-0.2, 0) is 6.61 Å². The van der Waals surface area contributed by atoms with Gasteiger partial charge in [0.05, 0.1) is 24.7 Å². The largest absolute Gasteiger partial charge is 0.396 e. The Hall–Kier alpha value is -1.20. The lowest BCUT2D eigenvalue weighted by Crippen LogP contribution is -2.20. The first kappa shape index (κ1) is 12.9. The van der Waals surface area contributed by atoms with Gasteiger partial charge in [-0.25, -0.2) is 4.98 Å². The fraction of sp³-hybridized carbons (Fsp3) is 0.636. The van der Waals surface area contributed by atoms with Gasteiger partial charge in [0.25, 0.3) is 0 Å². The Morgan fingerprint density at radius 2 is 2.00 bits per heavy atom. The van der Waals surface area contributed by atoms with Crippen LogP contribution in [0.1, 0.15) is 25.0 Å². The van der Waals surface area contributed by atoms with E-state index >= 15 is 0 Å². The molecular formula is C11H19N3O2. The number of aliphatic hydroxyl groups excluding tert-OH is 2. The fourth-order valence-corrected chi connectivity index (χ4v) is 1.41. The zero-order valence-corrected chi connectivity index (χ0v) is 9.63. The Morgan fingerprint density at radius 1 is 1.19 bits per heavy atom. The third-order valence-electron chi connectivity index (χ3n) is 2.38. The third kappa shape index (κ3) is 4.12. The summed E-state index contributed by atoms with van der Waals surface area (Å²) in [5, 5.41) is 17.6. The van der Waals surface area contributed by atoms with Crippen LogP contribution in [0.25, 0.3) is 0 Å². The van der Waals surface area contributed by atoms with Crippen molar-refractivity contribution in [1.82, 2.24) is 9.97 Å². The lowest BCUT2D eigenvalue weighted by molar-refractivity contribution is 0.276. The summed E-state index contributed by atoms with van der Waals surface area (Å²) >= 11 is 0. The molecule has 5 heteroatoms. The van der Waals surface area contributed by atoms with E-state index in [1.807, 2.05) is 11.9 Å². The summed E-state index contributed by atoms with van der Waals surface area (Å²) in [5.74, 6) is 0.774. The molecule has 0 bridgehead atoms. The van der Waals surface area contributed by atoms with Crippen LogP contribution in [-0.4, -0.2) is 40.4 Å². The summed E-state index contributed by atoms with van der Waals surface area (Å²) in [5.41, 5.74) is 0.583. The monoisotopic (exact) mass is 225 g/mol. The second-order valence-electron chi connectivity index (χ2n) is 3.73. The van der Waals surface area contributed by atoms with E-state index < -0.39 is 0 Å². The normalized spacial score (nSPS) is 10.4. The summed E-state index contributed by atoms with van der Waals surface area (Å²) in [6, 6.07) is 0. The number of unbranched alkanes of at least 4 members (excludes halogenated alkanes) is 2. The topological polar surface area (TPSA) is 69.5 Å². The van der Waals surface area contributed by atoms with Gasteiger partial charge in [0, 0.05) is 20.2 Å². The minimum Gasteiger partial charge on any atom is -0.396 e. The molecule has 1 aromatic rings. The van der Waals surface area contributed by atoms with E-state index in [0.29, 0.717) is 5.69 Å². The molecule has 0 aliphatic rings. The number of rotatable bonds is 7. The lowest BCUT2D eigenvalue weighted by Gasteiger charge is -2.17. The van der Waals surface area contributed by atoms with Crippen molar-refractivity contribution in [2.24, 2.45) is 0 Å². The van der Waals surface area contributed by atoms with Crippen molar-refractivity contribution in [3.63, 3.8) is 0 Å².